The monoisotopic (exact) mass is 230 g/mol. The molecule has 0 aliphatic heterocycles. The first-order valence-corrected chi connectivity index (χ1v) is 6.11. The Morgan fingerprint density at radius 3 is 2.59 bits per heavy atom. The van der Waals surface area contributed by atoms with Gasteiger partial charge in [-0.3, -0.25) is 4.79 Å². The Morgan fingerprint density at radius 1 is 1.18 bits per heavy atom. The molecule has 0 saturated heterocycles. The fourth-order valence-corrected chi connectivity index (χ4v) is 2.13. The van der Waals surface area contributed by atoms with Crippen LogP contribution in [0.4, 0.5) is 0 Å². The Hall–Kier alpha value is -1.41. The van der Waals surface area contributed by atoms with E-state index in [2.05, 4.69) is 6.92 Å². The van der Waals surface area contributed by atoms with Crippen molar-refractivity contribution in [3.8, 4) is 0 Å². The van der Waals surface area contributed by atoms with Crippen LogP contribution in [0.5, 0.6) is 0 Å². The van der Waals surface area contributed by atoms with Crippen LogP contribution in [-0.2, 0) is 16.1 Å². The normalized spacial score (nSPS) is 15.7. The molecule has 1 aromatic rings. The largest absolute Gasteiger partial charge is 0.376 e. The third-order valence-electron chi connectivity index (χ3n) is 3.19. The molecular formula is C15H18O2. The molecule has 0 unspecified atom stereocenters. The van der Waals surface area contributed by atoms with Crippen molar-refractivity contribution in [1.82, 2.24) is 0 Å². The van der Waals surface area contributed by atoms with Gasteiger partial charge < -0.3 is 4.74 Å². The van der Waals surface area contributed by atoms with Crippen LogP contribution in [0.1, 0.15) is 31.7 Å². The van der Waals surface area contributed by atoms with E-state index in [0.717, 1.165) is 18.4 Å². The molecule has 0 fully saturated rings. The second-order valence-electron chi connectivity index (χ2n) is 4.47. The van der Waals surface area contributed by atoms with Gasteiger partial charge in [0, 0.05) is 6.42 Å². The predicted molar refractivity (Wildman–Crippen MR) is 67.7 cm³/mol. The smallest absolute Gasteiger partial charge is 0.159 e. The van der Waals surface area contributed by atoms with Crippen molar-refractivity contribution in [3.63, 3.8) is 0 Å². The number of benzene rings is 1. The number of ketones is 1. The highest BCUT2D eigenvalue weighted by molar-refractivity contribution is 5.98. The van der Waals surface area contributed by atoms with Gasteiger partial charge in [0.25, 0.3) is 0 Å². The standard InChI is InChI=1S/C15H18O2/c1-12-7-8-15(16)14(12)9-10-17-11-13-5-3-2-4-6-13/h2-6H,7-11H2,1H3. The van der Waals surface area contributed by atoms with E-state index < -0.39 is 0 Å². The minimum atomic E-state index is 0.311. The van der Waals surface area contributed by atoms with E-state index in [-0.39, 0.29) is 0 Å². The van der Waals surface area contributed by atoms with Crippen molar-refractivity contribution >= 4 is 5.78 Å². The summed E-state index contributed by atoms with van der Waals surface area (Å²) in [6.07, 6.45) is 2.39. The minimum Gasteiger partial charge on any atom is -0.376 e. The van der Waals surface area contributed by atoms with Crippen molar-refractivity contribution in [2.75, 3.05) is 6.61 Å². The number of allylic oxidation sites excluding steroid dienone is 1. The molecule has 2 heteroatoms. The fourth-order valence-electron chi connectivity index (χ4n) is 2.13. The lowest BCUT2D eigenvalue weighted by atomic mass is 10.1. The number of Topliss-reactive ketones (excluding diaryl/α,β-unsaturated/α-hetero) is 1. The van der Waals surface area contributed by atoms with Crippen LogP contribution >= 0.6 is 0 Å². The van der Waals surface area contributed by atoms with Gasteiger partial charge in [-0.15, -0.1) is 0 Å². The van der Waals surface area contributed by atoms with Crippen molar-refractivity contribution in [2.24, 2.45) is 0 Å². The van der Waals surface area contributed by atoms with E-state index in [1.165, 1.54) is 11.1 Å². The summed E-state index contributed by atoms with van der Waals surface area (Å²) in [4.78, 5) is 11.5. The van der Waals surface area contributed by atoms with Crippen LogP contribution in [0, 0.1) is 0 Å². The molecule has 0 radical (unpaired) electrons. The molecule has 0 bridgehead atoms. The summed E-state index contributed by atoms with van der Waals surface area (Å²) < 4.78 is 5.59. The summed E-state index contributed by atoms with van der Waals surface area (Å²) in [5, 5.41) is 0. The van der Waals surface area contributed by atoms with Gasteiger partial charge in [0.2, 0.25) is 0 Å². The molecule has 0 spiro atoms. The van der Waals surface area contributed by atoms with Crippen molar-refractivity contribution in [2.45, 2.75) is 32.8 Å². The van der Waals surface area contributed by atoms with Crippen molar-refractivity contribution in [3.05, 3.63) is 47.0 Å². The van der Waals surface area contributed by atoms with E-state index in [1.807, 2.05) is 30.3 Å². The molecule has 0 atom stereocenters. The number of rotatable bonds is 5. The molecule has 0 aromatic heterocycles. The Labute approximate surface area is 102 Å². The number of hydrogen-bond donors (Lipinski definition) is 0. The first-order valence-electron chi connectivity index (χ1n) is 6.11. The molecule has 1 aliphatic rings. The lowest BCUT2D eigenvalue weighted by Crippen LogP contribution is -2.02. The highest BCUT2D eigenvalue weighted by Gasteiger charge is 2.19. The summed E-state index contributed by atoms with van der Waals surface area (Å²) in [6.45, 7) is 3.31. The lowest BCUT2D eigenvalue weighted by molar-refractivity contribution is -0.115. The molecule has 1 aromatic carbocycles. The van der Waals surface area contributed by atoms with E-state index >= 15 is 0 Å². The first-order chi connectivity index (χ1) is 8.27. The van der Waals surface area contributed by atoms with Crippen LogP contribution < -0.4 is 0 Å². The Kier molecular flexibility index (Phi) is 4.10. The van der Waals surface area contributed by atoms with Gasteiger partial charge in [0.1, 0.15) is 0 Å². The van der Waals surface area contributed by atoms with E-state index in [0.29, 0.717) is 25.4 Å². The lowest BCUT2D eigenvalue weighted by Gasteiger charge is -2.05. The number of carbonyl (C=O) groups excluding carboxylic acids is 1. The Bertz CT molecular complexity index is 418. The maximum absolute atomic E-state index is 11.5. The summed E-state index contributed by atoms with van der Waals surface area (Å²) in [5.74, 6) is 0.311. The highest BCUT2D eigenvalue weighted by Crippen LogP contribution is 2.24. The zero-order valence-corrected chi connectivity index (χ0v) is 10.2. The van der Waals surface area contributed by atoms with Crippen molar-refractivity contribution in [1.29, 1.82) is 0 Å². The SMILES string of the molecule is CC1=C(CCOCc2ccccc2)C(=O)CC1. The maximum atomic E-state index is 11.5. The third-order valence-corrected chi connectivity index (χ3v) is 3.19. The van der Waals surface area contributed by atoms with Gasteiger partial charge in [0.05, 0.1) is 13.2 Å². The molecule has 0 amide bonds. The van der Waals surface area contributed by atoms with E-state index in [1.54, 1.807) is 0 Å². The summed E-state index contributed by atoms with van der Waals surface area (Å²) in [7, 11) is 0. The summed E-state index contributed by atoms with van der Waals surface area (Å²) in [5.41, 5.74) is 3.42. The van der Waals surface area contributed by atoms with Crippen LogP contribution in [0.2, 0.25) is 0 Å². The summed E-state index contributed by atoms with van der Waals surface area (Å²) >= 11 is 0. The Balaban J connectivity index is 1.74. The van der Waals surface area contributed by atoms with Gasteiger partial charge in [0.15, 0.2) is 5.78 Å². The first kappa shape index (κ1) is 12.1. The van der Waals surface area contributed by atoms with Crippen LogP contribution in [0.3, 0.4) is 0 Å². The predicted octanol–water partition coefficient (Wildman–Crippen LogP) is 3.27. The van der Waals surface area contributed by atoms with Gasteiger partial charge >= 0.3 is 0 Å². The maximum Gasteiger partial charge on any atom is 0.159 e. The van der Waals surface area contributed by atoms with Crippen LogP contribution in [-0.4, -0.2) is 12.4 Å². The molecule has 2 rings (SSSR count). The molecular weight excluding hydrogens is 212 g/mol. The third kappa shape index (κ3) is 3.27. The van der Waals surface area contributed by atoms with Gasteiger partial charge in [-0.05, 0) is 30.9 Å². The number of carbonyl (C=O) groups is 1. The van der Waals surface area contributed by atoms with E-state index in [9.17, 15) is 4.79 Å². The zero-order chi connectivity index (χ0) is 12.1. The second kappa shape index (κ2) is 5.78. The average molecular weight is 230 g/mol. The van der Waals surface area contributed by atoms with Crippen molar-refractivity contribution < 1.29 is 9.53 Å². The number of ether oxygens (including phenoxy) is 1. The molecule has 1 aliphatic carbocycles. The molecule has 17 heavy (non-hydrogen) atoms. The second-order valence-corrected chi connectivity index (χ2v) is 4.47. The zero-order valence-electron chi connectivity index (χ0n) is 10.2. The van der Waals surface area contributed by atoms with Gasteiger partial charge in [-0.2, -0.15) is 0 Å². The highest BCUT2D eigenvalue weighted by atomic mass is 16.5. The minimum absolute atomic E-state index is 0.311. The van der Waals surface area contributed by atoms with Crippen LogP contribution in [0.25, 0.3) is 0 Å². The summed E-state index contributed by atoms with van der Waals surface area (Å²) in [6, 6.07) is 10.1. The quantitative estimate of drug-likeness (QED) is 0.726. The van der Waals surface area contributed by atoms with Gasteiger partial charge in [-0.1, -0.05) is 35.9 Å². The van der Waals surface area contributed by atoms with Gasteiger partial charge in [-0.25, -0.2) is 0 Å². The molecule has 0 saturated carbocycles. The molecule has 90 valence electrons. The number of hydrogen-bond acceptors (Lipinski definition) is 2. The molecule has 2 nitrogen and oxygen atoms in total. The average Bonchev–Trinajstić information content (AvgIpc) is 2.67. The van der Waals surface area contributed by atoms with Crippen LogP contribution in [0.15, 0.2) is 41.5 Å². The molecule has 0 heterocycles. The van der Waals surface area contributed by atoms with E-state index in [4.69, 9.17) is 4.74 Å². The molecule has 0 N–H and O–H groups in total. The topological polar surface area (TPSA) is 26.3 Å². The fraction of sp³-hybridized carbons (Fsp3) is 0.400. The Morgan fingerprint density at radius 2 is 1.94 bits per heavy atom.